The first-order valence-corrected chi connectivity index (χ1v) is 9.47. The van der Waals surface area contributed by atoms with Crippen LogP contribution in [0.25, 0.3) is 0 Å². The van der Waals surface area contributed by atoms with Crippen molar-refractivity contribution in [1.29, 1.82) is 0 Å². The van der Waals surface area contributed by atoms with E-state index in [9.17, 15) is 4.79 Å². The molecule has 2 aromatic carbocycles. The molecule has 1 aliphatic rings. The van der Waals surface area contributed by atoms with E-state index < -0.39 is 0 Å². The van der Waals surface area contributed by atoms with Crippen LogP contribution in [0.2, 0.25) is 0 Å². The van der Waals surface area contributed by atoms with Gasteiger partial charge in [-0.2, -0.15) is 5.10 Å². The number of hydrogen-bond donors (Lipinski definition) is 0. The molecular formula is C22H23N3O3. The lowest BCUT2D eigenvalue weighted by atomic mass is 10.1. The van der Waals surface area contributed by atoms with Crippen molar-refractivity contribution >= 4 is 5.91 Å². The molecule has 144 valence electrons. The number of nitrogens with zero attached hydrogens (tertiary/aromatic N) is 3. The van der Waals surface area contributed by atoms with Gasteiger partial charge in [-0.1, -0.05) is 24.3 Å². The highest BCUT2D eigenvalue weighted by Gasteiger charge is 2.25. The van der Waals surface area contributed by atoms with Crippen LogP contribution in [0.3, 0.4) is 0 Å². The van der Waals surface area contributed by atoms with E-state index in [0.717, 1.165) is 17.1 Å². The number of hydrogen-bond acceptors (Lipinski definition) is 4. The Balaban J connectivity index is 1.40. The summed E-state index contributed by atoms with van der Waals surface area (Å²) >= 11 is 0. The van der Waals surface area contributed by atoms with Crippen molar-refractivity contribution in [1.82, 2.24) is 14.7 Å². The molecule has 4 rings (SSSR count). The minimum Gasteiger partial charge on any atom is -0.486 e. The van der Waals surface area contributed by atoms with E-state index >= 15 is 0 Å². The van der Waals surface area contributed by atoms with Crippen molar-refractivity contribution < 1.29 is 14.3 Å². The van der Waals surface area contributed by atoms with Gasteiger partial charge in [-0.25, -0.2) is 0 Å². The fourth-order valence-electron chi connectivity index (χ4n) is 3.27. The SMILES string of the molecule is CCN(CC1COc2ccccc2O1)C(=O)c1ccc(Cn2cccn2)cc1. The number of benzene rings is 2. The predicted molar refractivity (Wildman–Crippen MR) is 106 cm³/mol. The van der Waals surface area contributed by atoms with Crippen molar-refractivity contribution in [3.8, 4) is 11.5 Å². The lowest BCUT2D eigenvalue weighted by Crippen LogP contribution is -2.43. The summed E-state index contributed by atoms with van der Waals surface area (Å²) in [5.74, 6) is 1.47. The molecule has 0 saturated carbocycles. The summed E-state index contributed by atoms with van der Waals surface area (Å²) in [5, 5.41) is 4.21. The van der Waals surface area contributed by atoms with Gasteiger partial charge in [0.25, 0.3) is 5.91 Å². The van der Waals surface area contributed by atoms with Gasteiger partial charge in [-0.3, -0.25) is 9.48 Å². The number of likely N-dealkylation sites (N-methyl/N-ethyl adjacent to an activating group) is 1. The van der Waals surface area contributed by atoms with Crippen molar-refractivity contribution in [3.63, 3.8) is 0 Å². The number of aromatic nitrogens is 2. The van der Waals surface area contributed by atoms with Crippen LogP contribution in [0.1, 0.15) is 22.8 Å². The first kappa shape index (κ1) is 18.1. The summed E-state index contributed by atoms with van der Waals surface area (Å²) in [6.07, 6.45) is 3.49. The monoisotopic (exact) mass is 377 g/mol. The Hall–Kier alpha value is -3.28. The average molecular weight is 377 g/mol. The Morgan fingerprint density at radius 1 is 1.14 bits per heavy atom. The van der Waals surface area contributed by atoms with E-state index in [0.29, 0.717) is 31.8 Å². The van der Waals surface area contributed by atoms with Gasteiger partial charge in [0.05, 0.1) is 13.1 Å². The third-order valence-corrected chi connectivity index (χ3v) is 4.77. The molecule has 0 radical (unpaired) electrons. The molecule has 1 unspecified atom stereocenters. The zero-order valence-electron chi connectivity index (χ0n) is 15.8. The van der Waals surface area contributed by atoms with Crippen LogP contribution >= 0.6 is 0 Å². The molecule has 1 aliphatic heterocycles. The maximum Gasteiger partial charge on any atom is 0.253 e. The van der Waals surface area contributed by atoms with Crippen LogP contribution in [0.15, 0.2) is 67.0 Å². The van der Waals surface area contributed by atoms with Gasteiger partial charge < -0.3 is 14.4 Å². The zero-order valence-corrected chi connectivity index (χ0v) is 15.8. The minimum absolute atomic E-state index is 0.00408. The number of rotatable bonds is 6. The maximum atomic E-state index is 12.9. The number of carbonyl (C=O) groups is 1. The standard InChI is InChI=1S/C22H23N3O3/c1-2-24(15-19-16-27-20-6-3-4-7-21(20)28-19)22(26)18-10-8-17(9-11-18)14-25-13-5-12-23-25/h3-13,19H,2,14-16H2,1H3. The lowest BCUT2D eigenvalue weighted by Gasteiger charge is -2.31. The molecular weight excluding hydrogens is 354 g/mol. The topological polar surface area (TPSA) is 56.6 Å². The van der Waals surface area contributed by atoms with Crippen LogP contribution in [0, 0.1) is 0 Å². The molecule has 0 bridgehead atoms. The maximum absolute atomic E-state index is 12.9. The van der Waals surface area contributed by atoms with Gasteiger partial charge >= 0.3 is 0 Å². The number of fused-ring (bicyclic) bond motifs is 1. The van der Waals surface area contributed by atoms with E-state index in [1.54, 1.807) is 11.1 Å². The van der Waals surface area contributed by atoms with Gasteiger partial charge in [0.2, 0.25) is 0 Å². The quantitative estimate of drug-likeness (QED) is 0.662. The lowest BCUT2D eigenvalue weighted by molar-refractivity contribution is 0.0475. The highest BCUT2D eigenvalue weighted by Crippen LogP contribution is 2.31. The second-order valence-electron chi connectivity index (χ2n) is 6.74. The second-order valence-corrected chi connectivity index (χ2v) is 6.74. The molecule has 1 atom stereocenters. The van der Waals surface area contributed by atoms with Crippen molar-refractivity contribution in [2.24, 2.45) is 0 Å². The zero-order chi connectivity index (χ0) is 19.3. The van der Waals surface area contributed by atoms with Crippen molar-refractivity contribution in [2.45, 2.75) is 19.6 Å². The van der Waals surface area contributed by atoms with E-state index in [1.165, 1.54) is 0 Å². The third-order valence-electron chi connectivity index (χ3n) is 4.77. The Bertz CT molecular complexity index is 922. The molecule has 0 spiro atoms. The first-order valence-electron chi connectivity index (χ1n) is 9.47. The minimum atomic E-state index is -0.183. The Labute approximate surface area is 164 Å². The van der Waals surface area contributed by atoms with Gasteiger partial charge in [0, 0.05) is 24.5 Å². The highest BCUT2D eigenvalue weighted by atomic mass is 16.6. The summed E-state index contributed by atoms with van der Waals surface area (Å²) in [4.78, 5) is 14.7. The van der Waals surface area contributed by atoms with Crippen molar-refractivity contribution in [3.05, 3.63) is 78.1 Å². The molecule has 2 heterocycles. The number of para-hydroxylation sites is 2. The number of amides is 1. The van der Waals surface area contributed by atoms with E-state index in [-0.39, 0.29) is 12.0 Å². The van der Waals surface area contributed by atoms with E-state index in [4.69, 9.17) is 9.47 Å². The van der Waals surface area contributed by atoms with E-state index in [1.807, 2.05) is 72.4 Å². The van der Waals surface area contributed by atoms with Crippen LogP contribution in [0.4, 0.5) is 0 Å². The predicted octanol–water partition coefficient (Wildman–Crippen LogP) is 3.23. The molecule has 6 heteroatoms. The Morgan fingerprint density at radius 2 is 1.93 bits per heavy atom. The Kier molecular flexibility index (Phi) is 5.28. The van der Waals surface area contributed by atoms with Crippen LogP contribution in [0.5, 0.6) is 11.5 Å². The second kappa shape index (κ2) is 8.17. The average Bonchev–Trinajstić information content (AvgIpc) is 3.25. The van der Waals surface area contributed by atoms with Crippen LogP contribution in [-0.4, -0.2) is 46.4 Å². The highest BCUT2D eigenvalue weighted by molar-refractivity contribution is 5.94. The summed E-state index contributed by atoms with van der Waals surface area (Å²) in [6.45, 7) is 4.19. The molecule has 28 heavy (non-hydrogen) atoms. The third kappa shape index (κ3) is 4.01. The number of carbonyl (C=O) groups excluding carboxylic acids is 1. The molecule has 0 aliphatic carbocycles. The van der Waals surface area contributed by atoms with Gasteiger partial charge in [0.15, 0.2) is 17.6 Å². The molecule has 0 N–H and O–H groups in total. The fraction of sp³-hybridized carbons (Fsp3) is 0.273. The summed E-state index contributed by atoms with van der Waals surface area (Å²) in [6, 6.07) is 17.2. The first-order chi connectivity index (χ1) is 13.7. The Morgan fingerprint density at radius 3 is 2.64 bits per heavy atom. The van der Waals surface area contributed by atoms with E-state index in [2.05, 4.69) is 5.10 Å². The normalized spacial score (nSPS) is 15.2. The van der Waals surface area contributed by atoms with Gasteiger partial charge in [-0.15, -0.1) is 0 Å². The molecule has 6 nitrogen and oxygen atoms in total. The van der Waals surface area contributed by atoms with Gasteiger partial charge in [-0.05, 0) is 42.8 Å². The molecule has 0 fully saturated rings. The van der Waals surface area contributed by atoms with Gasteiger partial charge in [0.1, 0.15) is 6.61 Å². The summed E-state index contributed by atoms with van der Waals surface area (Å²) in [7, 11) is 0. The summed E-state index contributed by atoms with van der Waals surface area (Å²) in [5.41, 5.74) is 1.77. The fourth-order valence-corrected chi connectivity index (χ4v) is 3.27. The molecule has 0 saturated heterocycles. The van der Waals surface area contributed by atoms with Crippen molar-refractivity contribution in [2.75, 3.05) is 19.7 Å². The van der Waals surface area contributed by atoms with Crippen LogP contribution in [-0.2, 0) is 6.54 Å². The summed E-state index contributed by atoms with van der Waals surface area (Å²) < 4.78 is 13.6. The largest absolute Gasteiger partial charge is 0.486 e. The molecule has 1 aromatic heterocycles. The molecule has 1 amide bonds. The smallest absolute Gasteiger partial charge is 0.253 e. The van der Waals surface area contributed by atoms with Crippen LogP contribution < -0.4 is 9.47 Å². The number of ether oxygens (including phenoxy) is 2. The molecule has 3 aromatic rings.